The maximum Gasteiger partial charge on any atom is 0.159 e. The lowest BCUT2D eigenvalue weighted by molar-refractivity contribution is 1.37. The lowest BCUT2D eigenvalue weighted by Crippen LogP contribution is -2.36. The van der Waals surface area contributed by atoms with Gasteiger partial charge in [0.2, 0.25) is 0 Å². The summed E-state index contributed by atoms with van der Waals surface area (Å²) in [6.07, 6.45) is 0. The van der Waals surface area contributed by atoms with Crippen LogP contribution >= 0.6 is 27.3 Å². The molecule has 0 unspecified atom stereocenters. The second kappa shape index (κ2) is 4.96. The van der Waals surface area contributed by atoms with Crippen molar-refractivity contribution in [3.63, 3.8) is 0 Å². The third-order valence-electron chi connectivity index (χ3n) is 2.57. The van der Waals surface area contributed by atoms with E-state index in [1.165, 1.54) is 4.50 Å². The zero-order chi connectivity index (χ0) is 13.3. The van der Waals surface area contributed by atoms with Crippen LogP contribution in [0.5, 0.6) is 0 Å². The molecular weight excluding hydrogens is 324 g/mol. The van der Waals surface area contributed by atoms with E-state index in [1.54, 1.807) is 11.3 Å². The maximum atomic E-state index is 8.82. The molecule has 0 aliphatic heterocycles. The highest BCUT2D eigenvalue weighted by molar-refractivity contribution is 9.11. The van der Waals surface area contributed by atoms with Gasteiger partial charge in [-0.3, -0.25) is 0 Å². The molecule has 0 amide bonds. The van der Waals surface area contributed by atoms with Gasteiger partial charge < -0.3 is 0 Å². The minimum absolute atomic E-state index is 0.683. The normalized spacial score (nSPS) is 11.3. The van der Waals surface area contributed by atoms with Gasteiger partial charge in [0, 0.05) is 10.1 Å². The number of aromatic nitrogens is 1. The summed E-state index contributed by atoms with van der Waals surface area (Å²) in [4.78, 5) is 4.59. The molecule has 2 aromatic rings. The Balaban J connectivity index is 2.53. The Kier molecular flexibility index (Phi) is 3.71. The van der Waals surface area contributed by atoms with Crippen LogP contribution in [0.3, 0.4) is 0 Å². The van der Waals surface area contributed by atoms with Crippen molar-refractivity contribution in [2.75, 3.05) is 0 Å². The van der Waals surface area contributed by atoms with Gasteiger partial charge in [-0.15, -0.1) is 11.3 Å². The highest BCUT2D eigenvalue weighted by Gasteiger charge is 2.25. The fraction of sp³-hybridized carbons (Fsp3) is 0.231. The predicted octanol–water partition coefficient (Wildman–Crippen LogP) is 3.99. The quantitative estimate of drug-likeness (QED) is 0.777. The number of benzene rings is 1. The molecule has 18 heavy (non-hydrogen) atoms. The number of rotatable bonds is 2. The SMILES string of the molecule is C[Si](C)(C)c1sc(Br)nc1-c1ccc(C#N)cc1. The molecule has 0 radical (unpaired) electrons. The summed E-state index contributed by atoms with van der Waals surface area (Å²) in [5.74, 6) is 0. The lowest BCUT2D eigenvalue weighted by atomic mass is 10.1. The van der Waals surface area contributed by atoms with Crippen molar-refractivity contribution in [3.05, 3.63) is 33.7 Å². The molecule has 1 heterocycles. The molecule has 0 saturated heterocycles. The standard InChI is InChI=1S/C13H13BrN2SSi/c1-18(2,3)12-11(16-13(14)17-12)10-6-4-9(8-15)5-7-10/h4-7H,1-3H3. The highest BCUT2D eigenvalue weighted by atomic mass is 79.9. The minimum atomic E-state index is -1.40. The minimum Gasteiger partial charge on any atom is -0.229 e. The van der Waals surface area contributed by atoms with Crippen LogP contribution in [-0.2, 0) is 0 Å². The maximum absolute atomic E-state index is 8.82. The van der Waals surface area contributed by atoms with Crippen molar-refractivity contribution in [2.24, 2.45) is 0 Å². The Morgan fingerprint density at radius 1 is 1.22 bits per heavy atom. The second-order valence-electron chi connectivity index (χ2n) is 5.08. The van der Waals surface area contributed by atoms with E-state index < -0.39 is 8.07 Å². The van der Waals surface area contributed by atoms with Crippen molar-refractivity contribution < 1.29 is 0 Å². The number of hydrogen-bond donors (Lipinski definition) is 0. The molecule has 0 aliphatic carbocycles. The number of nitriles is 1. The van der Waals surface area contributed by atoms with Gasteiger partial charge in [0.1, 0.15) is 0 Å². The molecule has 1 aromatic heterocycles. The summed E-state index contributed by atoms with van der Waals surface area (Å²) in [7, 11) is -1.40. The fourth-order valence-corrected chi connectivity index (χ4v) is 5.80. The number of nitrogens with zero attached hydrogens (tertiary/aromatic N) is 2. The predicted molar refractivity (Wildman–Crippen MR) is 82.9 cm³/mol. The molecule has 0 bridgehead atoms. The average Bonchev–Trinajstić information content (AvgIpc) is 2.71. The topological polar surface area (TPSA) is 36.7 Å². The first-order valence-electron chi connectivity index (χ1n) is 5.59. The first-order valence-corrected chi connectivity index (χ1v) is 10.7. The molecule has 1 aromatic carbocycles. The monoisotopic (exact) mass is 336 g/mol. The van der Waals surface area contributed by atoms with Crippen LogP contribution in [0.2, 0.25) is 19.6 Å². The van der Waals surface area contributed by atoms with Crippen molar-refractivity contribution in [1.82, 2.24) is 4.98 Å². The smallest absolute Gasteiger partial charge is 0.159 e. The van der Waals surface area contributed by atoms with Crippen LogP contribution in [0.25, 0.3) is 11.3 Å². The molecule has 0 N–H and O–H groups in total. The van der Waals surface area contributed by atoms with Crippen LogP contribution < -0.4 is 4.50 Å². The van der Waals surface area contributed by atoms with E-state index in [0.717, 1.165) is 15.2 Å². The number of hydrogen-bond acceptors (Lipinski definition) is 3. The van der Waals surface area contributed by atoms with Crippen molar-refractivity contribution in [3.8, 4) is 17.3 Å². The molecule has 0 atom stereocenters. The Morgan fingerprint density at radius 2 is 1.83 bits per heavy atom. The molecular formula is C13H13BrN2SSi. The first kappa shape index (κ1) is 13.5. The third-order valence-corrected chi connectivity index (χ3v) is 7.63. The third kappa shape index (κ3) is 2.71. The van der Waals surface area contributed by atoms with E-state index in [4.69, 9.17) is 5.26 Å². The van der Waals surface area contributed by atoms with Crippen molar-refractivity contribution in [2.45, 2.75) is 19.6 Å². The summed E-state index contributed by atoms with van der Waals surface area (Å²) in [6, 6.07) is 9.78. The number of thiazole rings is 1. The van der Waals surface area contributed by atoms with E-state index in [0.29, 0.717) is 5.56 Å². The fourth-order valence-electron chi connectivity index (χ4n) is 1.70. The molecule has 5 heteroatoms. The molecule has 92 valence electrons. The lowest BCUT2D eigenvalue weighted by Gasteiger charge is -2.15. The second-order valence-corrected chi connectivity index (χ2v) is 12.7. The van der Waals surface area contributed by atoms with Crippen molar-refractivity contribution in [1.29, 1.82) is 5.26 Å². The van der Waals surface area contributed by atoms with E-state index >= 15 is 0 Å². The van der Waals surface area contributed by atoms with E-state index in [1.807, 2.05) is 24.3 Å². The van der Waals surface area contributed by atoms with E-state index in [2.05, 4.69) is 46.6 Å². The summed E-state index contributed by atoms with van der Waals surface area (Å²) in [5, 5.41) is 8.82. The van der Waals surface area contributed by atoms with Crippen LogP contribution in [0.15, 0.2) is 28.2 Å². The summed E-state index contributed by atoms with van der Waals surface area (Å²) < 4.78 is 2.32. The molecule has 0 aliphatic rings. The van der Waals surface area contributed by atoms with Gasteiger partial charge in [0.25, 0.3) is 0 Å². The molecule has 0 spiro atoms. The molecule has 0 saturated carbocycles. The Labute approximate surface area is 120 Å². The zero-order valence-electron chi connectivity index (χ0n) is 10.5. The van der Waals surface area contributed by atoms with Gasteiger partial charge in [0.05, 0.1) is 25.4 Å². The van der Waals surface area contributed by atoms with Crippen LogP contribution in [0.4, 0.5) is 0 Å². The van der Waals surface area contributed by atoms with Gasteiger partial charge in [0.15, 0.2) is 3.92 Å². The van der Waals surface area contributed by atoms with E-state index in [-0.39, 0.29) is 0 Å². The molecule has 0 fully saturated rings. The molecule has 2 rings (SSSR count). The van der Waals surface area contributed by atoms with Crippen molar-refractivity contribution >= 4 is 39.8 Å². The summed E-state index contributed by atoms with van der Waals surface area (Å²) >= 11 is 5.21. The number of halogens is 1. The molecule has 2 nitrogen and oxygen atoms in total. The van der Waals surface area contributed by atoms with Gasteiger partial charge in [-0.1, -0.05) is 31.8 Å². The first-order chi connectivity index (χ1) is 8.41. The Morgan fingerprint density at radius 3 is 2.33 bits per heavy atom. The van der Waals surface area contributed by atoms with E-state index in [9.17, 15) is 0 Å². The average molecular weight is 337 g/mol. The zero-order valence-corrected chi connectivity index (χ0v) is 13.9. The highest BCUT2D eigenvalue weighted by Crippen LogP contribution is 2.26. The summed E-state index contributed by atoms with van der Waals surface area (Å²) in [5.41, 5.74) is 2.84. The Hall–Kier alpha value is -0.963. The van der Waals surface area contributed by atoms with Gasteiger partial charge in [-0.25, -0.2) is 4.98 Å². The summed E-state index contributed by atoms with van der Waals surface area (Å²) in [6.45, 7) is 6.96. The van der Waals surface area contributed by atoms with Crippen LogP contribution in [0.1, 0.15) is 5.56 Å². The largest absolute Gasteiger partial charge is 0.229 e. The van der Waals surface area contributed by atoms with Gasteiger partial charge in [-0.05, 0) is 28.1 Å². The van der Waals surface area contributed by atoms with Crippen LogP contribution in [-0.4, -0.2) is 13.1 Å². The Bertz CT molecular complexity index is 605. The van der Waals surface area contributed by atoms with Crippen LogP contribution in [0, 0.1) is 11.3 Å². The van der Waals surface area contributed by atoms with Gasteiger partial charge in [-0.2, -0.15) is 5.26 Å². The van der Waals surface area contributed by atoms with Gasteiger partial charge >= 0.3 is 0 Å².